The number of aromatic nitrogens is 1. The second kappa shape index (κ2) is 12.1. The fourth-order valence-electron chi connectivity index (χ4n) is 2.24. The Balaban J connectivity index is 0.00000364. The van der Waals surface area contributed by atoms with Crippen LogP contribution in [0.15, 0.2) is 48.7 Å². The van der Waals surface area contributed by atoms with E-state index in [-0.39, 0.29) is 24.2 Å². The molecule has 1 heterocycles. The highest BCUT2D eigenvalue weighted by Gasteiger charge is 2.18. The topological polar surface area (TPSA) is 86.5 Å². The van der Waals surface area contributed by atoms with Crippen LogP contribution in [0.1, 0.15) is 25.8 Å². The summed E-state index contributed by atoms with van der Waals surface area (Å²) in [5, 5.41) is 2.84. The van der Waals surface area contributed by atoms with Gasteiger partial charge in [-0.15, -0.1) is 12.4 Å². The SMILES string of the molecule is CCC(C)C(N)C(=O)NCc1ccc(OCCOc2ccccc2)nc1.Cl. The molecule has 1 aromatic carbocycles. The number of benzene rings is 1. The van der Waals surface area contributed by atoms with Crippen LogP contribution in [-0.2, 0) is 11.3 Å². The highest BCUT2D eigenvalue weighted by Crippen LogP contribution is 2.10. The molecule has 1 aromatic heterocycles. The zero-order valence-corrected chi connectivity index (χ0v) is 16.6. The van der Waals surface area contributed by atoms with Gasteiger partial charge in [-0.3, -0.25) is 4.79 Å². The first-order valence-electron chi connectivity index (χ1n) is 8.89. The molecule has 2 atom stereocenters. The number of ether oxygens (including phenoxy) is 2. The number of rotatable bonds is 10. The molecule has 0 spiro atoms. The van der Waals surface area contributed by atoms with Gasteiger partial charge in [-0.05, 0) is 23.6 Å². The minimum atomic E-state index is -0.486. The highest BCUT2D eigenvalue weighted by molar-refractivity contribution is 5.85. The van der Waals surface area contributed by atoms with Crippen molar-refractivity contribution in [2.24, 2.45) is 11.7 Å². The maximum Gasteiger partial charge on any atom is 0.237 e. The average Bonchev–Trinajstić information content (AvgIpc) is 2.69. The minimum absolute atomic E-state index is 0. The quantitative estimate of drug-likeness (QED) is 0.606. The van der Waals surface area contributed by atoms with E-state index in [0.29, 0.717) is 25.6 Å². The van der Waals surface area contributed by atoms with Crippen LogP contribution < -0.4 is 20.5 Å². The standard InChI is InChI=1S/C20H27N3O3.ClH/c1-3-15(2)19(21)20(24)23-14-16-9-10-18(22-13-16)26-12-11-25-17-7-5-4-6-8-17;/h4-10,13,15,19H,3,11-12,14,21H2,1-2H3,(H,23,24);1H. The summed E-state index contributed by atoms with van der Waals surface area (Å²) in [4.78, 5) is 16.2. The van der Waals surface area contributed by atoms with Crippen LogP contribution in [0.5, 0.6) is 11.6 Å². The number of nitrogens with zero attached hydrogens (tertiary/aromatic N) is 1. The molecule has 6 nitrogen and oxygen atoms in total. The molecule has 27 heavy (non-hydrogen) atoms. The van der Waals surface area contributed by atoms with E-state index in [1.165, 1.54) is 0 Å². The van der Waals surface area contributed by atoms with Crippen LogP contribution in [0.25, 0.3) is 0 Å². The summed E-state index contributed by atoms with van der Waals surface area (Å²) in [5.74, 6) is 1.35. The second-order valence-corrected chi connectivity index (χ2v) is 6.14. The van der Waals surface area contributed by atoms with E-state index in [1.807, 2.05) is 50.2 Å². The molecule has 1 amide bonds. The summed E-state index contributed by atoms with van der Waals surface area (Å²) in [6.07, 6.45) is 2.55. The Bertz CT molecular complexity index is 668. The lowest BCUT2D eigenvalue weighted by Crippen LogP contribution is -2.44. The molecule has 7 heteroatoms. The van der Waals surface area contributed by atoms with Crippen molar-refractivity contribution >= 4 is 18.3 Å². The Labute approximate surface area is 166 Å². The first-order valence-corrected chi connectivity index (χ1v) is 8.89. The molecular formula is C20H28ClN3O3. The summed E-state index contributed by atoms with van der Waals surface area (Å²) in [6.45, 7) is 5.23. The first-order chi connectivity index (χ1) is 12.6. The molecule has 0 radical (unpaired) electrons. The van der Waals surface area contributed by atoms with Crippen molar-refractivity contribution < 1.29 is 14.3 Å². The number of carbonyl (C=O) groups is 1. The predicted molar refractivity (Wildman–Crippen MR) is 108 cm³/mol. The number of hydrogen-bond acceptors (Lipinski definition) is 5. The van der Waals surface area contributed by atoms with Gasteiger partial charge in [0.15, 0.2) is 0 Å². The van der Waals surface area contributed by atoms with Crippen LogP contribution in [0, 0.1) is 5.92 Å². The second-order valence-electron chi connectivity index (χ2n) is 6.14. The van der Waals surface area contributed by atoms with Crippen molar-refractivity contribution in [2.75, 3.05) is 13.2 Å². The molecule has 0 bridgehead atoms. The van der Waals surface area contributed by atoms with E-state index in [9.17, 15) is 4.79 Å². The molecule has 0 aliphatic carbocycles. The first kappa shape index (κ1) is 22.7. The van der Waals surface area contributed by atoms with Crippen molar-refractivity contribution in [3.05, 3.63) is 54.2 Å². The fourth-order valence-corrected chi connectivity index (χ4v) is 2.24. The van der Waals surface area contributed by atoms with E-state index in [1.54, 1.807) is 12.3 Å². The van der Waals surface area contributed by atoms with Gasteiger partial charge in [-0.25, -0.2) is 4.98 Å². The maximum atomic E-state index is 12.0. The third-order valence-corrected chi connectivity index (χ3v) is 4.17. The monoisotopic (exact) mass is 393 g/mol. The molecule has 148 valence electrons. The summed E-state index contributed by atoms with van der Waals surface area (Å²) < 4.78 is 11.1. The largest absolute Gasteiger partial charge is 0.490 e. The van der Waals surface area contributed by atoms with E-state index in [2.05, 4.69) is 10.3 Å². The average molecular weight is 394 g/mol. The zero-order chi connectivity index (χ0) is 18.8. The summed E-state index contributed by atoms with van der Waals surface area (Å²) in [6, 6.07) is 12.7. The fraction of sp³-hybridized carbons (Fsp3) is 0.400. The number of nitrogens with one attached hydrogen (secondary N) is 1. The summed E-state index contributed by atoms with van der Waals surface area (Å²) in [7, 11) is 0. The lowest BCUT2D eigenvalue weighted by Gasteiger charge is -2.17. The van der Waals surface area contributed by atoms with Gasteiger partial charge in [0, 0.05) is 18.8 Å². The van der Waals surface area contributed by atoms with Gasteiger partial charge in [-0.2, -0.15) is 0 Å². The molecule has 2 aromatic rings. The van der Waals surface area contributed by atoms with Crippen molar-refractivity contribution in [1.29, 1.82) is 0 Å². The molecule has 0 aliphatic heterocycles. The lowest BCUT2D eigenvalue weighted by molar-refractivity contribution is -0.123. The van der Waals surface area contributed by atoms with E-state index >= 15 is 0 Å². The predicted octanol–water partition coefficient (Wildman–Crippen LogP) is 2.95. The van der Waals surface area contributed by atoms with Gasteiger partial charge in [0.1, 0.15) is 19.0 Å². The number of carbonyl (C=O) groups excluding carboxylic acids is 1. The van der Waals surface area contributed by atoms with Crippen molar-refractivity contribution in [3.8, 4) is 11.6 Å². The Morgan fingerprint density at radius 3 is 2.48 bits per heavy atom. The van der Waals surface area contributed by atoms with E-state index in [4.69, 9.17) is 15.2 Å². The molecule has 0 aliphatic rings. The van der Waals surface area contributed by atoms with Crippen LogP contribution in [-0.4, -0.2) is 30.1 Å². The Kier molecular flexibility index (Phi) is 10.2. The Morgan fingerprint density at radius 1 is 1.15 bits per heavy atom. The van der Waals surface area contributed by atoms with Gasteiger partial charge in [0.05, 0.1) is 6.04 Å². The van der Waals surface area contributed by atoms with Gasteiger partial charge >= 0.3 is 0 Å². The minimum Gasteiger partial charge on any atom is -0.490 e. The van der Waals surface area contributed by atoms with Gasteiger partial charge < -0.3 is 20.5 Å². The van der Waals surface area contributed by atoms with Crippen LogP contribution in [0.2, 0.25) is 0 Å². The molecule has 2 unspecified atom stereocenters. The normalized spacial score (nSPS) is 12.4. The number of hydrogen-bond donors (Lipinski definition) is 2. The highest BCUT2D eigenvalue weighted by atomic mass is 35.5. The lowest BCUT2D eigenvalue weighted by atomic mass is 9.99. The number of para-hydroxylation sites is 1. The number of amides is 1. The third-order valence-electron chi connectivity index (χ3n) is 4.17. The van der Waals surface area contributed by atoms with Crippen molar-refractivity contribution in [2.45, 2.75) is 32.9 Å². The molecular weight excluding hydrogens is 366 g/mol. The van der Waals surface area contributed by atoms with E-state index in [0.717, 1.165) is 17.7 Å². The number of halogens is 1. The van der Waals surface area contributed by atoms with Crippen LogP contribution >= 0.6 is 12.4 Å². The van der Waals surface area contributed by atoms with Gasteiger partial charge in [0.2, 0.25) is 11.8 Å². The third kappa shape index (κ3) is 7.85. The summed E-state index contributed by atoms with van der Waals surface area (Å²) >= 11 is 0. The molecule has 3 N–H and O–H groups in total. The number of pyridine rings is 1. The smallest absolute Gasteiger partial charge is 0.237 e. The molecule has 0 saturated carbocycles. The van der Waals surface area contributed by atoms with E-state index < -0.39 is 6.04 Å². The maximum absolute atomic E-state index is 12.0. The van der Waals surface area contributed by atoms with Gasteiger partial charge in [-0.1, -0.05) is 44.5 Å². The zero-order valence-electron chi connectivity index (χ0n) is 15.8. The summed E-state index contributed by atoms with van der Waals surface area (Å²) in [5.41, 5.74) is 6.80. The van der Waals surface area contributed by atoms with Crippen molar-refractivity contribution in [1.82, 2.24) is 10.3 Å². The van der Waals surface area contributed by atoms with Gasteiger partial charge in [0.25, 0.3) is 0 Å². The molecule has 0 saturated heterocycles. The Morgan fingerprint density at radius 2 is 1.85 bits per heavy atom. The van der Waals surface area contributed by atoms with Crippen LogP contribution in [0.3, 0.4) is 0 Å². The molecule has 0 fully saturated rings. The number of nitrogens with two attached hydrogens (primary N) is 1. The van der Waals surface area contributed by atoms with Crippen LogP contribution in [0.4, 0.5) is 0 Å². The Hall–Kier alpha value is -2.31. The molecule has 2 rings (SSSR count). The van der Waals surface area contributed by atoms with Crippen molar-refractivity contribution in [3.63, 3.8) is 0 Å².